The summed E-state index contributed by atoms with van der Waals surface area (Å²) in [4.78, 5) is 12.4. The molecule has 1 saturated carbocycles. The van der Waals surface area contributed by atoms with Crippen molar-refractivity contribution < 1.29 is 9.90 Å². The molecule has 1 saturated heterocycles. The second kappa shape index (κ2) is 6.02. The third-order valence-electron chi connectivity index (χ3n) is 4.55. The summed E-state index contributed by atoms with van der Waals surface area (Å²) in [7, 11) is 0. The smallest absolute Gasteiger partial charge is 0.226 e. The molecule has 1 heterocycles. The molecule has 2 aliphatic rings. The number of aliphatic hydroxyl groups excluding tert-OH is 1. The van der Waals surface area contributed by atoms with E-state index in [1.165, 1.54) is 6.42 Å². The Kier molecular flexibility index (Phi) is 4.62. The Labute approximate surface area is 110 Å². The third kappa shape index (κ3) is 3.23. The maximum Gasteiger partial charge on any atom is 0.226 e. The molecule has 18 heavy (non-hydrogen) atoms. The molecule has 2 unspecified atom stereocenters. The Morgan fingerprint density at radius 2 is 1.89 bits per heavy atom. The molecule has 0 spiro atoms. The van der Waals surface area contributed by atoms with Crippen LogP contribution < -0.4 is 10.6 Å². The molecule has 1 aliphatic heterocycles. The highest BCUT2D eigenvalue weighted by Gasteiger charge is 2.36. The van der Waals surface area contributed by atoms with E-state index in [2.05, 4.69) is 10.6 Å². The van der Waals surface area contributed by atoms with Gasteiger partial charge in [0, 0.05) is 5.41 Å². The van der Waals surface area contributed by atoms with Crippen LogP contribution in [0.1, 0.15) is 51.9 Å². The molecule has 4 nitrogen and oxygen atoms in total. The monoisotopic (exact) mass is 254 g/mol. The molecule has 0 radical (unpaired) electrons. The number of hydrogen-bond acceptors (Lipinski definition) is 3. The van der Waals surface area contributed by atoms with Gasteiger partial charge >= 0.3 is 0 Å². The van der Waals surface area contributed by atoms with Crippen molar-refractivity contribution in [3.05, 3.63) is 0 Å². The Bertz CT molecular complexity index is 288. The van der Waals surface area contributed by atoms with Crippen LogP contribution in [0.3, 0.4) is 0 Å². The minimum Gasteiger partial charge on any atom is -0.391 e. The van der Waals surface area contributed by atoms with Gasteiger partial charge < -0.3 is 15.7 Å². The Morgan fingerprint density at radius 3 is 2.61 bits per heavy atom. The van der Waals surface area contributed by atoms with E-state index in [0.29, 0.717) is 0 Å². The molecule has 0 aromatic heterocycles. The third-order valence-corrected chi connectivity index (χ3v) is 4.55. The lowest BCUT2D eigenvalue weighted by molar-refractivity contribution is -0.133. The van der Waals surface area contributed by atoms with E-state index in [1.54, 1.807) is 0 Å². The molecule has 1 amide bonds. The van der Waals surface area contributed by atoms with Gasteiger partial charge in [-0.1, -0.05) is 26.2 Å². The van der Waals surface area contributed by atoms with E-state index in [-0.39, 0.29) is 23.5 Å². The predicted octanol–water partition coefficient (Wildman–Crippen LogP) is 1.19. The van der Waals surface area contributed by atoms with Crippen LogP contribution >= 0.6 is 0 Å². The van der Waals surface area contributed by atoms with Crippen molar-refractivity contribution >= 4 is 5.91 Å². The SMILES string of the molecule is CC1(C(=O)NC2CCCCCC2O)CCNCC1. The van der Waals surface area contributed by atoms with Crippen LogP contribution in [0.5, 0.6) is 0 Å². The van der Waals surface area contributed by atoms with Gasteiger partial charge in [0.25, 0.3) is 0 Å². The van der Waals surface area contributed by atoms with Crippen LogP contribution in [0.15, 0.2) is 0 Å². The molecule has 0 bridgehead atoms. The zero-order chi connectivity index (χ0) is 13.0. The molecule has 0 aromatic rings. The molecule has 2 rings (SSSR count). The topological polar surface area (TPSA) is 61.4 Å². The fourth-order valence-corrected chi connectivity index (χ4v) is 3.00. The van der Waals surface area contributed by atoms with E-state index in [9.17, 15) is 9.90 Å². The van der Waals surface area contributed by atoms with Gasteiger partial charge in [0.15, 0.2) is 0 Å². The van der Waals surface area contributed by atoms with E-state index >= 15 is 0 Å². The van der Waals surface area contributed by atoms with Crippen molar-refractivity contribution in [2.24, 2.45) is 5.41 Å². The lowest BCUT2D eigenvalue weighted by atomic mass is 9.80. The highest BCUT2D eigenvalue weighted by atomic mass is 16.3. The summed E-state index contributed by atoms with van der Waals surface area (Å²) in [5.74, 6) is 0.134. The Hall–Kier alpha value is -0.610. The quantitative estimate of drug-likeness (QED) is 0.649. The Morgan fingerprint density at radius 1 is 1.22 bits per heavy atom. The first kappa shape index (κ1) is 13.8. The fraction of sp³-hybridized carbons (Fsp3) is 0.929. The zero-order valence-electron chi connectivity index (χ0n) is 11.4. The average molecular weight is 254 g/mol. The molecule has 4 heteroatoms. The van der Waals surface area contributed by atoms with Gasteiger partial charge in [0.1, 0.15) is 0 Å². The number of rotatable bonds is 2. The highest BCUT2D eigenvalue weighted by Crippen LogP contribution is 2.29. The summed E-state index contributed by atoms with van der Waals surface area (Å²) < 4.78 is 0. The summed E-state index contributed by atoms with van der Waals surface area (Å²) >= 11 is 0. The van der Waals surface area contributed by atoms with E-state index in [1.807, 2.05) is 6.92 Å². The summed E-state index contributed by atoms with van der Waals surface area (Å²) in [6.45, 7) is 3.88. The lowest BCUT2D eigenvalue weighted by Gasteiger charge is -2.34. The standard InChI is InChI=1S/C14H26N2O2/c1-14(7-9-15-10-8-14)13(18)16-11-5-3-2-4-6-12(11)17/h11-12,15,17H,2-10H2,1H3,(H,16,18). The average Bonchev–Trinajstić information content (AvgIpc) is 2.56. The van der Waals surface area contributed by atoms with Crippen molar-refractivity contribution in [2.75, 3.05) is 13.1 Å². The highest BCUT2D eigenvalue weighted by molar-refractivity contribution is 5.82. The molecule has 0 aromatic carbocycles. The fourth-order valence-electron chi connectivity index (χ4n) is 3.00. The number of carbonyl (C=O) groups is 1. The van der Waals surface area contributed by atoms with E-state index in [0.717, 1.165) is 51.6 Å². The van der Waals surface area contributed by atoms with Crippen LogP contribution in [0, 0.1) is 5.41 Å². The van der Waals surface area contributed by atoms with E-state index < -0.39 is 0 Å². The van der Waals surface area contributed by atoms with Gasteiger partial charge in [0.05, 0.1) is 12.1 Å². The van der Waals surface area contributed by atoms with Gasteiger partial charge in [0.2, 0.25) is 5.91 Å². The molecule has 2 atom stereocenters. The normalized spacial score (nSPS) is 32.6. The minimum atomic E-state index is -0.359. The van der Waals surface area contributed by atoms with Crippen LogP contribution in [0.25, 0.3) is 0 Å². The van der Waals surface area contributed by atoms with Crippen LogP contribution in [-0.2, 0) is 4.79 Å². The molecular formula is C14H26N2O2. The van der Waals surface area contributed by atoms with Crippen LogP contribution in [0.4, 0.5) is 0 Å². The predicted molar refractivity (Wildman–Crippen MR) is 71.2 cm³/mol. The van der Waals surface area contributed by atoms with E-state index in [4.69, 9.17) is 0 Å². The summed E-state index contributed by atoms with van der Waals surface area (Å²) in [6.07, 6.45) is 6.52. The van der Waals surface area contributed by atoms with Gasteiger partial charge in [-0.25, -0.2) is 0 Å². The number of piperidine rings is 1. The zero-order valence-corrected chi connectivity index (χ0v) is 11.4. The number of nitrogens with one attached hydrogen (secondary N) is 2. The Balaban J connectivity index is 1.92. The van der Waals surface area contributed by atoms with Gasteiger partial charge in [-0.05, 0) is 38.8 Å². The first-order valence-corrected chi connectivity index (χ1v) is 7.32. The van der Waals surface area contributed by atoms with Crippen molar-refractivity contribution in [3.63, 3.8) is 0 Å². The lowest BCUT2D eigenvalue weighted by Crippen LogP contribution is -2.51. The summed E-state index contributed by atoms with van der Waals surface area (Å²) in [5.41, 5.74) is -0.253. The molecule has 1 aliphatic carbocycles. The van der Waals surface area contributed by atoms with Gasteiger partial charge in [-0.15, -0.1) is 0 Å². The van der Waals surface area contributed by atoms with Crippen molar-refractivity contribution in [2.45, 2.75) is 64.0 Å². The first-order valence-electron chi connectivity index (χ1n) is 7.32. The number of carbonyl (C=O) groups excluding carboxylic acids is 1. The van der Waals surface area contributed by atoms with Crippen LogP contribution in [0.2, 0.25) is 0 Å². The second-order valence-electron chi connectivity index (χ2n) is 6.10. The number of hydrogen-bond donors (Lipinski definition) is 3. The summed E-state index contributed by atoms with van der Waals surface area (Å²) in [6, 6.07) is -0.0355. The minimum absolute atomic E-state index is 0.0355. The van der Waals surface area contributed by atoms with Gasteiger partial charge in [-0.2, -0.15) is 0 Å². The number of amides is 1. The number of aliphatic hydroxyl groups is 1. The molecular weight excluding hydrogens is 228 g/mol. The van der Waals surface area contributed by atoms with Crippen molar-refractivity contribution in [3.8, 4) is 0 Å². The maximum atomic E-state index is 12.4. The van der Waals surface area contributed by atoms with Crippen molar-refractivity contribution in [1.82, 2.24) is 10.6 Å². The first-order chi connectivity index (χ1) is 8.62. The molecule has 104 valence electrons. The van der Waals surface area contributed by atoms with Crippen LogP contribution in [-0.4, -0.2) is 36.2 Å². The summed E-state index contributed by atoms with van der Waals surface area (Å²) in [5, 5.41) is 16.4. The molecule has 2 fully saturated rings. The van der Waals surface area contributed by atoms with Crippen molar-refractivity contribution in [1.29, 1.82) is 0 Å². The van der Waals surface area contributed by atoms with Gasteiger partial charge in [-0.3, -0.25) is 4.79 Å². The maximum absolute atomic E-state index is 12.4. The second-order valence-corrected chi connectivity index (χ2v) is 6.10. The largest absolute Gasteiger partial charge is 0.391 e. The molecule has 3 N–H and O–H groups in total.